The summed E-state index contributed by atoms with van der Waals surface area (Å²) in [5.41, 5.74) is 1.48. The van der Waals surface area contributed by atoms with E-state index in [4.69, 9.17) is 14.3 Å². The zero-order chi connectivity index (χ0) is 17.9. The van der Waals surface area contributed by atoms with Crippen LogP contribution in [0.2, 0.25) is 0 Å². The van der Waals surface area contributed by atoms with E-state index < -0.39 is 23.5 Å². The van der Waals surface area contributed by atoms with E-state index in [0.717, 1.165) is 10.9 Å². The number of nitrogens with one attached hydrogen (secondary N) is 1. The predicted octanol–water partition coefficient (Wildman–Crippen LogP) is 1.63. The second kappa shape index (κ2) is 7.16. The van der Waals surface area contributed by atoms with Crippen LogP contribution in [0.4, 0.5) is 0 Å². The largest absolute Gasteiger partial charge is 0.483 e. The van der Waals surface area contributed by atoms with E-state index in [2.05, 4.69) is 5.32 Å². The van der Waals surface area contributed by atoms with Gasteiger partial charge in [-0.1, -0.05) is 6.92 Å². The lowest BCUT2D eigenvalue weighted by molar-refractivity contribution is -0.141. The van der Waals surface area contributed by atoms with Crippen LogP contribution in [0, 0.1) is 6.92 Å². The predicted molar refractivity (Wildman–Crippen MR) is 87.3 cm³/mol. The number of carboxylic acids is 1. The van der Waals surface area contributed by atoms with E-state index >= 15 is 0 Å². The zero-order valence-electron chi connectivity index (χ0n) is 13.7. The third-order valence-corrected chi connectivity index (χ3v) is 3.68. The second-order valence-corrected chi connectivity index (χ2v) is 5.43. The fourth-order valence-electron chi connectivity index (χ4n) is 2.35. The topological polar surface area (TPSA) is 106 Å². The summed E-state index contributed by atoms with van der Waals surface area (Å²) in [5, 5.41) is 11.9. The molecule has 128 valence electrons. The van der Waals surface area contributed by atoms with Gasteiger partial charge in [0.15, 0.2) is 6.61 Å². The number of rotatable bonds is 6. The third-order valence-electron chi connectivity index (χ3n) is 3.68. The molecule has 2 rings (SSSR count). The highest BCUT2D eigenvalue weighted by Gasteiger charge is 2.16. The molecule has 0 aliphatic rings. The lowest BCUT2D eigenvalue weighted by Gasteiger charge is -2.13. The quantitative estimate of drug-likeness (QED) is 0.778. The van der Waals surface area contributed by atoms with Crippen molar-refractivity contribution in [2.45, 2.75) is 33.2 Å². The Morgan fingerprint density at radius 2 is 2.08 bits per heavy atom. The maximum absolute atomic E-state index is 11.7. The molecule has 0 saturated carbocycles. The van der Waals surface area contributed by atoms with Crippen LogP contribution in [0.1, 0.15) is 25.0 Å². The highest BCUT2D eigenvalue weighted by molar-refractivity contribution is 5.86. The highest BCUT2D eigenvalue weighted by atomic mass is 16.5. The number of aryl methyl sites for hydroxylation is 2. The second-order valence-electron chi connectivity index (χ2n) is 5.43. The van der Waals surface area contributed by atoms with Crippen molar-refractivity contribution in [2.75, 3.05) is 6.61 Å². The summed E-state index contributed by atoms with van der Waals surface area (Å²) < 4.78 is 10.7. The minimum Gasteiger partial charge on any atom is -0.483 e. The first-order chi connectivity index (χ1) is 11.3. The molecule has 1 heterocycles. The number of fused-ring (bicyclic) bond motifs is 1. The molecule has 7 heteroatoms. The number of carbonyl (C=O) groups excluding carboxylic acids is 1. The summed E-state index contributed by atoms with van der Waals surface area (Å²) in [4.78, 5) is 34.0. The average Bonchev–Trinajstić information content (AvgIpc) is 2.53. The monoisotopic (exact) mass is 333 g/mol. The van der Waals surface area contributed by atoms with Gasteiger partial charge in [0.25, 0.3) is 5.91 Å². The normalized spacial score (nSPS) is 12.0. The fraction of sp³-hybridized carbons (Fsp3) is 0.353. The Morgan fingerprint density at radius 1 is 1.38 bits per heavy atom. The first-order valence-electron chi connectivity index (χ1n) is 7.54. The van der Waals surface area contributed by atoms with Crippen molar-refractivity contribution in [3.8, 4) is 5.75 Å². The molecule has 1 unspecified atom stereocenters. The summed E-state index contributed by atoms with van der Waals surface area (Å²) in [6.45, 7) is 4.71. The van der Waals surface area contributed by atoms with Gasteiger partial charge in [-0.15, -0.1) is 0 Å². The van der Waals surface area contributed by atoms with Gasteiger partial charge < -0.3 is 19.6 Å². The van der Waals surface area contributed by atoms with Crippen molar-refractivity contribution in [3.05, 3.63) is 39.7 Å². The Balaban J connectivity index is 2.22. The first-order valence-corrected chi connectivity index (χ1v) is 7.54. The van der Waals surface area contributed by atoms with E-state index in [-0.39, 0.29) is 6.61 Å². The van der Waals surface area contributed by atoms with E-state index in [1.807, 2.05) is 6.92 Å². The number of benzene rings is 1. The summed E-state index contributed by atoms with van der Waals surface area (Å²) in [7, 11) is 0. The van der Waals surface area contributed by atoms with Crippen LogP contribution in [0.3, 0.4) is 0 Å². The van der Waals surface area contributed by atoms with Crippen LogP contribution in [0.15, 0.2) is 27.4 Å². The number of carbonyl (C=O) groups is 2. The molecule has 0 radical (unpaired) electrons. The van der Waals surface area contributed by atoms with Crippen molar-refractivity contribution in [1.29, 1.82) is 0 Å². The SMILES string of the molecule is CCc1cc(=O)oc2c(C)c(OCC(=O)NC(C)C(=O)O)ccc12. The van der Waals surface area contributed by atoms with Gasteiger partial charge in [-0.3, -0.25) is 9.59 Å². The Kier molecular flexibility index (Phi) is 5.23. The van der Waals surface area contributed by atoms with Crippen LogP contribution in [0.25, 0.3) is 11.0 Å². The molecule has 0 fully saturated rings. The van der Waals surface area contributed by atoms with Crippen LogP contribution >= 0.6 is 0 Å². The van der Waals surface area contributed by atoms with Crippen LogP contribution < -0.4 is 15.7 Å². The Bertz CT molecular complexity index is 839. The number of hydrogen-bond donors (Lipinski definition) is 2. The number of carboxylic acid groups (broad SMARTS) is 1. The van der Waals surface area contributed by atoms with Crippen molar-refractivity contribution >= 4 is 22.8 Å². The lowest BCUT2D eigenvalue weighted by Crippen LogP contribution is -2.40. The van der Waals surface area contributed by atoms with E-state index in [1.165, 1.54) is 13.0 Å². The van der Waals surface area contributed by atoms with E-state index in [1.54, 1.807) is 19.1 Å². The molecule has 24 heavy (non-hydrogen) atoms. The maximum Gasteiger partial charge on any atom is 0.336 e. The van der Waals surface area contributed by atoms with Gasteiger partial charge in [0.1, 0.15) is 17.4 Å². The molecule has 1 aromatic heterocycles. The number of ether oxygens (including phenoxy) is 1. The highest BCUT2D eigenvalue weighted by Crippen LogP contribution is 2.28. The Morgan fingerprint density at radius 3 is 2.71 bits per heavy atom. The molecule has 0 spiro atoms. The van der Waals surface area contributed by atoms with Gasteiger partial charge in [-0.05, 0) is 38.0 Å². The number of aliphatic carboxylic acids is 1. The molecule has 7 nitrogen and oxygen atoms in total. The fourth-order valence-corrected chi connectivity index (χ4v) is 2.35. The molecule has 2 N–H and O–H groups in total. The van der Waals surface area contributed by atoms with E-state index in [0.29, 0.717) is 23.3 Å². The van der Waals surface area contributed by atoms with E-state index in [9.17, 15) is 14.4 Å². The van der Waals surface area contributed by atoms with Gasteiger partial charge in [0, 0.05) is 17.0 Å². The summed E-state index contributed by atoms with van der Waals surface area (Å²) >= 11 is 0. The van der Waals surface area contributed by atoms with Crippen molar-refractivity contribution in [3.63, 3.8) is 0 Å². The summed E-state index contributed by atoms with van der Waals surface area (Å²) in [5.74, 6) is -1.27. The molecule has 2 aromatic rings. The third kappa shape index (κ3) is 3.73. The molecule has 1 aromatic carbocycles. The van der Waals surface area contributed by atoms with Crippen LogP contribution in [0.5, 0.6) is 5.75 Å². The summed E-state index contributed by atoms with van der Waals surface area (Å²) in [6.07, 6.45) is 0.692. The molecule has 0 saturated heterocycles. The number of hydrogen-bond acceptors (Lipinski definition) is 5. The minimum atomic E-state index is -1.13. The van der Waals surface area contributed by atoms with Crippen molar-refractivity contribution < 1.29 is 23.8 Å². The smallest absolute Gasteiger partial charge is 0.336 e. The molecule has 1 amide bonds. The van der Waals surface area contributed by atoms with Crippen LogP contribution in [-0.4, -0.2) is 29.6 Å². The van der Waals surface area contributed by atoms with Crippen molar-refractivity contribution in [1.82, 2.24) is 5.32 Å². The minimum absolute atomic E-state index is 0.332. The number of amides is 1. The molecular weight excluding hydrogens is 314 g/mol. The molecule has 0 aliphatic heterocycles. The standard InChI is InChI=1S/C17H19NO6/c1-4-11-7-15(20)24-16-9(2)13(6-5-12(11)16)23-8-14(19)18-10(3)17(21)22/h5-7,10H,4,8H2,1-3H3,(H,18,19)(H,21,22). The van der Waals surface area contributed by atoms with Gasteiger partial charge in [-0.2, -0.15) is 0 Å². The first kappa shape index (κ1) is 17.5. The lowest BCUT2D eigenvalue weighted by atomic mass is 10.0. The molecule has 0 aliphatic carbocycles. The van der Waals surface area contributed by atoms with Gasteiger partial charge >= 0.3 is 11.6 Å². The maximum atomic E-state index is 11.7. The summed E-state index contributed by atoms with van der Waals surface area (Å²) in [6, 6.07) is 3.94. The molecule has 0 bridgehead atoms. The van der Waals surface area contributed by atoms with Gasteiger partial charge in [-0.25, -0.2) is 4.79 Å². The van der Waals surface area contributed by atoms with Crippen LogP contribution in [-0.2, 0) is 16.0 Å². The Hall–Kier alpha value is -2.83. The average molecular weight is 333 g/mol. The molecule has 1 atom stereocenters. The Labute approximate surface area is 138 Å². The molecular formula is C17H19NO6. The van der Waals surface area contributed by atoms with Crippen molar-refractivity contribution in [2.24, 2.45) is 0 Å². The van der Waals surface area contributed by atoms with Gasteiger partial charge in [0.2, 0.25) is 0 Å². The zero-order valence-corrected chi connectivity index (χ0v) is 13.7. The van der Waals surface area contributed by atoms with Gasteiger partial charge in [0.05, 0.1) is 0 Å².